The summed E-state index contributed by atoms with van der Waals surface area (Å²) in [6.45, 7) is 0. The molecule has 1 aromatic carbocycles. The highest BCUT2D eigenvalue weighted by Gasteiger charge is 2.30. The summed E-state index contributed by atoms with van der Waals surface area (Å²) in [5.74, 6) is 0. The normalized spacial score (nSPS) is 12.0. The van der Waals surface area contributed by atoms with Crippen molar-refractivity contribution in [1.29, 1.82) is 0 Å². The van der Waals surface area contributed by atoms with Crippen LogP contribution < -0.4 is 0 Å². The third-order valence-corrected chi connectivity index (χ3v) is 5.99. The zero-order chi connectivity index (χ0) is 12.7. The van der Waals surface area contributed by atoms with E-state index in [2.05, 4.69) is 0 Å². The summed E-state index contributed by atoms with van der Waals surface area (Å²) in [5.41, 5.74) is 0.411. The number of benzene rings is 1. The van der Waals surface area contributed by atoms with Gasteiger partial charge in [0.05, 0.1) is 25.1 Å². The van der Waals surface area contributed by atoms with Crippen molar-refractivity contribution in [3.05, 3.63) is 30.7 Å². The van der Waals surface area contributed by atoms with E-state index in [1.165, 1.54) is 0 Å². The third-order valence-electron chi connectivity index (χ3n) is 1.68. The van der Waals surface area contributed by atoms with Gasteiger partial charge < -0.3 is 0 Å². The molecule has 16 heavy (non-hydrogen) atoms. The van der Waals surface area contributed by atoms with Crippen molar-refractivity contribution in [3.8, 4) is 0 Å². The van der Waals surface area contributed by atoms with E-state index in [4.69, 9.17) is 91.2 Å². The fraction of sp³-hybridized carbons (Fsp3) is 0.143. The molecule has 0 atom stereocenters. The monoisotopic (exact) mass is 394 g/mol. The Bertz CT molecular complexity index is 394. The maximum atomic E-state index is 5.97. The van der Waals surface area contributed by atoms with Gasteiger partial charge in [-0.05, 0) is 5.56 Å². The van der Waals surface area contributed by atoms with Crippen LogP contribution in [0.2, 0.25) is 25.1 Å². The third kappa shape index (κ3) is 3.63. The first-order chi connectivity index (χ1) is 7.15. The molecule has 0 amide bonds. The van der Waals surface area contributed by atoms with Crippen LogP contribution in [0.3, 0.4) is 0 Å². The van der Waals surface area contributed by atoms with E-state index in [-0.39, 0.29) is 31.2 Å². The Kier molecular flexibility index (Phi) is 5.74. The van der Waals surface area contributed by atoms with Gasteiger partial charge in [0.25, 0.3) is 0 Å². The Hall–Kier alpha value is 1.76. The molecule has 0 nitrogen and oxygen atoms in total. The molecule has 0 heterocycles. The summed E-state index contributed by atoms with van der Waals surface area (Å²) < 4.78 is 0. The average Bonchev–Trinajstić information content (AvgIpc) is 2.17. The lowest BCUT2D eigenvalue weighted by Gasteiger charge is -2.14. The summed E-state index contributed by atoms with van der Waals surface area (Å²) in [7, 11) is 0. The smallest absolute Gasteiger partial charge is 0.126 e. The van der Waals surface area contributed by atoms with E-state index >= 15 is 0 Å². The molecule has 1 aromatic rings. The SMILES string of the molecule is Clc1c(Cl)c(Cl)c(C[Si](Cl)(Cl)Cl)c(Cl)c1Cl. The van der Waals surface area contributed by atoms with Gasteiger partial charge in [0.2, 0.25) is 0 Å². The molecular weight excluding hydrogens is 396 g/mol. The standard InChI is InChI=1S/C7H2Cl8Si/c8-3-2(1-16(13,14)15)4(9)6(11)7(12)5(3)10/h1H2. The molecule has 0 unspecified atom stereocenters. The van der Waals surface area contributed by atoms with Crippen molar-refractivity contribution in [2.75, 3.05) is 0 Å². The van der Waals surface area contributed by atoms with E-state index in [1.54, 1.807) is 0 Å². The fourth-order valence-electron chi connectivity index (χ4n) is 1.01. The number of rotatable bonds is 2. The molecule has 0 bridgehead atoms. The van der Waals surface area contributed by atoms with Crippen LogP contribution >= 0.6 is 91.2 Å². The average molecular weight is 398 g/mol. The molecule has 0 aromatic heterocycles. The molecule has 9 heteroatoms. The van der Waals surface area contributed by atoms with Crippen molar-refractivity contribution < 1.29 is 0 Å². The van der Waals surface area contributed by atoms with Gasteiger partial charge in [0, 0.05) is 6.04 Å². The van der Waals surface area contributed by atoms with Crippen molar-refractivity contribution in [2.45, 2.75) is 6.04 Å². The second-order valence-electron chi connectivity index (χ2n) is 2.84. The van der Waals surface area contributed by atoms with Gasteiger partial charge in [0.15, 0.2) is 0 Å². The van der Waals surface area contributed by atoms with Crippen LogP contribution in [0.25, 0.3) is 0 Å². The molecule has 0 aliphatic rings. The lowest BCUT2D eigenvalue weighted by atomic mass is 10.2. The topological polar surface area (TPSA) is 0 Å². The summed E-state index contributed by atoms with van der Waals surface area (Å²) in [5, 5.41) is 0.639. The summed E-state index contributed by atoms with van der Waals surface area (Å²) >= 11 is 46.9. The lowest BCUT2D eigenvalue weighted by molar-refractivity contribution is 1.38. The van der Waals surface area contributed by atoms with Gasteiger partial charge in [-0.3, -0.25) is 0 Å². The van der Waals surface area contributed by atoms with Gasteiger partial charge >= 0.3 is 6.00 Å². The minimum absolute atomic E-state index is 0.0908. The molecule has 0 N–H and O–H groups in total. The molecule has 0 saturated heterocycles. The first-order valence-electron chi connectivity index (χ1n) is 3.72. The van der Waals surface area contributed by atoms with Gasteiger partial charge in [-0.15, -0.1) is 33.2 Å². The Morgan fingerprint density at radius 2 is 0.938 bits per heavy atom. The molecule has 0 aliphatic heterocycles. The maximum absolute atomic E-state index is 5.97. The zero-order valence-corrected chi connectivity index (χ0v) is 14.3. The van der Waals surface area contributed by atoms with Crippen molar-refractivity contribution in [2.24, 2.45) is 0 Å². The van der Waals surface area contributed by atoms with Crippen LogP contribution in [0, 0.1) is 0 Å². The molecule has 0 saturated carbocycles. The van der Waals surface area contributed by atoms with E-state index in [0.29, 0.717) is 5.56 Å². The van der Waals surface area contributed by atoms with E-state index in [9.17, 15) is 0 Å². The van der Waals surface area contributed by atoms with Gasteiger partial charge in [-0.25, -0.2) is 0 Å². The summed E-state index contributed by atoms with van der Waals surface area (Å²) in [6.07, 6.45) is 0. The van der Waals surface area contributed by atoms with Crippen LogP contribution in [0.1, 0.15) is 5.56 Å². The predicted octanol–water partition coefficient (Wildman–Crippen LogP) is 6.69. The van der Waals surface area contributed by atoms with Crippen LogP contribution in [-0.2, 0) is 6.04 Å². The number of hydrogen-bond acceptors (Lipinski definition) is 0. The highest BCUT2D eigenvalue weighted by atomic mass is 35.8. The minimum Gasteiger partial charge on any atom is -0.126 e. The van der Waals surface area contributed by atoms with E-state index in [1.807, 2.05) is 0 Å². The first kappa shape index (κ1) is 15.8. The van der Waals surface area contributed by atoms with E-state index in [0.717, 1.165) is 0 Å². The quantitative estimate of drug-likeness (QED) is 0.226. The second-order valence-corrected chi connectivity index (χ2v) is 13.9. The van der Waals surface area contributed by atoms with Crippen LogP contribution in [0.5, 0.6) is 0 Å². The zero-order valence-electron chi connectivity index (χ0n) is 7.23. The molecule has 0 spiro atoms. The molecular formula is C7H2Cl8Si. The van der Waals surface area contributed by atoms with Crippen molar-refractivity contribution >= 4 is 97.2 Å². The first-order valence-corrected chi connectivity index (χ1v) is 10.9. The second kappa shape index (κ2) is 5.81. The lowest BCUT2D eigenvalue weighted by Crippen LogP contribution is -2.15. The number of hydrogen-bond donors (Lipinski definition) is 0. The fourth-order valence-corrected chi connectivity index (χ4v) is 4.50. The summed E-state index contributed by atoms with van der Waals surface area (Å²) in [6, 6.07) is -2.82. The van der Waals surface area contributed by atoms with Crippen molar-refractivity contribution in [3.63, 3.8) is 0 Å². The molecule has 0 aliphatic carbocycles. The van der Waals surface area contributed by atoms with Crippen molar-refractivity contribution in [1.82, 2.24) is 0 Å². The Balaban J connectivity index is 3.40. The van der Waals surface area contributed by atoms with Gasteiger partial charge in [-0.2, -0.15) is 0 Å². The van der Waals surface area contributed by atoms with Gasteiger partial charge in [-0.1, -0.05) is 58.0 Å². The Morgan fingerprint density at radius 1 is 0.625 bits per heavy atom. The molecule has 0 fully saturated rings. The Morgan fingerprint density at radius 3 is 1.25 bits per heavy atom. The highest BCUT2D eigenvalue weighted by molar-refractivity contribution is 7.64. The molecule has 90 valence electrons. The van der Waals surface area contributed by atoms with Crippen LogP contribution in [0.15, 0.2) is 0 Å². The molecule has 1 rings (SSSR count). The maximum Gasteiger partial charge on any atom is 0.345 e. The molecule has 0 radical (unpaired) electrons. The number of halogens is 8. The Labute approximate surface area is 133 Å². The minimum atomic E-state index is -2.94. The van der Waals surface area contributed by atoms with Gasteiger partial charge in [0.1, 0.15) is 0 Å². The van der Waals surface area contributed by atoms with Crippen LogP contribution in [0.4, 0.5) is 0 Å². The largest absolute Gasteiger partial charge is 0.345 e. The highest BCUT2D eigenvalue weighted by Crippen LogP contribution is 2.45. The summed E-state index contributed by atoms with van der Waals surface area (Å²) in [4.78, 5) is 0. The van der Waals surface area contributed by atoms with E-state index < -0.39 is 6.00 Å². The van der Waals surface area contributed by atoms with Crippen LogP contribution in [-0.4, -0.2) is 6.00 Å². The predicted molar refractivity (Wildman–Crippen MR) is 78.5 cm³/mol.